The van der Waals surface area contributed by atoms with Crippen molar-refractivity contribution in [2.45, 2.75) is 116 Å². The molecular weight excluding hydrogens is 279 g/mol. The second-order valence-corrected chi connectivity index (χ2v) is 7.31. The summed E-state index contributed by atoms with van der Waals surface area (Å²) in [6.45, 7) is 6.33. The Morgan fingerprint density at radius 3 is 1.48 bits per heavy atom. The Bertz CT molecular complexity index is 229. The van der Waals surface area contributed by atoms with E-state index in [4.69, 9.17) is 4.52 Å². The van der Waals surface area contributed by atoms with Crippen LogP contribution in [0.3, 0.4) is 0 Å². The molecule has 0 spiro atoms. The van der Waals surface area contributed by atoms with Crippen molar-refractivity contribution in [1.82, 2.24) is 0 Å². The Morgan fingerprint density at radius 1 is 0.714 bits per heavy atom. The van der Waals surface area contributed by atoms with E-state index in [0.717, 1.165) is 6.42 Å². The summed E-state index contributed by atoms with van der Waals surface area (Å²) in [7, 11) is -0.630. The zero-order valence-corrected chi connectivity index (χ0v) is 15.7. The van der Waals surface area contributed by atoms with Gasteiger partial charge in [-0.1, -0.05) is 90.4 Å². The third-order valence-electron chi connectivity index (χ3n) is 4.20. The normalized spacial score (nSPS) is 12.1. The fourth-order valence-electron chi connectivity index (χ4n) is 2.73. The van der Waals surface area contributed by atoms with Crippen LogP contribution in [0, 0.1) is 0 Å². The third-order valence-corrected chi connectivity index (χ3v) is 4.84. The summed E-state index contributed by atoms with van der Waals surface area (Å²) in [5.41, 5.74) is -0.210. The van der Waals surface area contributed by atoms with E-state index in [1.54, 1.807) is 0 Å². The van der Waals surface area contributed by atoms with Crippen molar-refractivity contribution < 1.29 is 9.09 Å². The highest BCUT2D eigenvalue weighted by atomic mass is 31.1. The lowest BCUT2D eigenvalue weighted by Gasteiger charge is -2.15. The summed E-state index contributed by atoms with van der Waals surface area (Å²) in [6.07, 6.45) is 19.0. The van der Waals surface area contributed by atoms with E-state index in [1.807, 2.05) is 13.8 Å². The molecule has 21 heavy (non-hydrogen) atoms. The summed E-state index contributed by atoms with van der Waals surface area (Å²) in [6, 6.07) is 0. The largest absolute Gasteiger partial charge is 0.494 e. The molecule has 0 radical (unpaired) electrons. The molecule has 0 aliphatic carbocycles. The summed E-state index contributed by atoms with van der Waals surface area (Å²) in [5.74, 6) is 0. The van der Waals surface area contributed by atoms with E-state index in [2.05, 4.69) is 6.92 Å². The fraction of sp³-hybridized carbons (Fsp3) is 1.00. The molecule has 0 aliphatic heterocycles. The predicted octanol–water partition coefficient (Wildman–Crippen LogP) is 7.20. The molecule has 0 bridgehead atoms. The number of hydrogen-bond donors (Lipinski definition) is 0. The number of rotatable bonds is 16. The van der Waals surface area contributed by atoms with Crippen molar-refractivity contribution in [3.05, 3.63) is 0 Å². The highest BCUT2D eigenvalue weighted by Gasteiger charge is 2.22. The van der Waals surface area contributed by atoms with Crippen LogP contribution in [-0.4, -0.2) is 5.60 Å². The maximum Gasteiger partial charge on any atom is 0.494 e. The molecule has 0 aromatic heterocycles. The standard InChI is InChI=1S/C18H38O2P/c1-4-5-6-7-8-9-10-11-12-13-14-15-16-17-18(2,3)20-21-19/h21H,4-17H2,1-3H3/q+1. The van der Waals surface area contributed by atoms with Crippen LogP contribution in [0.4, 0.5) is 0 Å². The van der Waals surface area contributed by atoms with E-state index in [0.29, 0.717) is 0 Å². The van der Waals surface area contributed by atoms with Crippen LogP contribution >= 0.6 is 8.69 Å². The van der Waals surface area contributed by atoms with Gasteiger partial charge >= 0.3 is 8.69 Å². The first-order valence-corrected chi connectivity index (χ1v) is 9.99. The Morgan fingerprint density at radius 2 is 1.10 bits per heavy atom. The Labute approximate surface area is 134 Å². The Balaban J connectivity index is 3.14. The molecule has 0 saturated carbocycles. The first-order valence-electron chi connectivity index (χ1n) is 9.17. The highest BCUT2D eigenvalue weighted by Crippen LogP contribution is 2.23. The summed E-state index contributed by atoms with van der Waals surface area (Å²) < 4.78 is 15.7. The highest BCUT2D eigenvalue weighted by molar-refractivity contribution is 7.17. The molecule has 1 unspecified atom stereocenters. The van der Waals surface area contributed by atoms with Crippen LogP contribution in [0.25, 0.3) is 0 Å². The summed E-state index contributed by atoms with van der Waals surface area (Å²) in [4.78, 5) is 0. The molecule has 0 aromatic rings. The van der Waals surface area contributed by atoms with E-state index in [-0.39, 0.29) is 5.60 Å². The van der Waals surface area contributed by atoms with Gasteiger partial charge < -0.3 is 0 Å². The molecule has 0 amide bonds. The van der Waals surface area contributed by atoms with Crippen LogP contribution in [0.2, 0.25) is 0 Å². The molecule has 0 aromatic carbocycles. The molecule has 126 valence electrons. The molecule has 0 fully saturated rings. The maximum atomic E-state index is 10.5. The number of unbranched alkanes of at least 4 members (excludes halogenated alkanes) is 12. The topological polar surface area (TPSA) is 26.3 Å². The summed E-state index contributed by atoms with van der Waals surface area (Å²) >= 11 is 0. The molecule has 0 heterocycles. The van der Waals surface area contributed by atoms with Crippen LogP contribution in [0.15, 0.2) is 0 Å². The van der Waals surface area contributed by atoms with Gasteiger partial charge in [0.25, 0.3) is 0 Å². The molecule has 1 atom stereocenters. The molecule has 0 N–H and O–H groups in total. The van der Waals surface area contributed by atoms with Crippen molar-refractivity contribution in [1.29, 1.82) is 0 Å². The monoisotopic (exact) mass is 317 g/mol. The second-order valence-electron chi connectivity index (χ2n) is 6.94. The summed E-state index contributed by atoms with van der Waals surface area (Å²) in [5, 5.41) is 0. The lowest BCUT2D eigenvalue weighted by molar-refractivity contribution is 0.113. The van der Waals surface area contributed by atoms with Gasteiger partial charge in [0.15, 0.2) is 0 Å². The van der Waals surface area contributed by atoms with Crippen molar-refractivity contribution in [3.8, 4) is 0 Å². The smallest absolute Gasteiger partial charge is 0.142 e. The molecular formula is C18H38O2P+. The number of hydrogen-bond acceptors (Lipinski definition) is 2. The van der Waals surface area contributed by atoms with Gasteiger partial charge in [-0.05, 0) is 24.8 Å². The van der Waals surface area contributed by atoms with Crippen molar-refractivity contribution in [2.24, 2.45) is 0 Å². The van der Waals surface area contributed by atoms with Gasteiger partial charge in [-0.15, -0.1) is 4.52 Å². The average molecular weight is 317 g/mol. The SMILES string of the molecule is CCCCCCCCCCCCCCCC(C)(C)O[PH+]=O. The van der Waals surface area contributed by atoms with Crippen LogP contribution < -0.4 is 0 Å². The molecule has 3 heteroatoms. The van der Waals surface area contributed by atoms with Crippen molar-refractivity contribution in [3.63, 3.8) is 0 Å². The molecule has 0 rings (SSSR count). The van der Waals surface area contributed by atoms with Gasteiger partial charge in [0, 0.05) is 0 Å². The van der Waals surface area contributed by atoms with Gasteiger partial charge in [-0.3, -0.25) is 0 Å². The maximum absolute atomic E-state index is 10.5. The van der Waals surface area contributed by atoms with Gasteiger partial charge in [-0.2, -0.15) is 0 Å². The Kier molecular flexibility index (Phi) is 15.0. The lowest BCUT2D eigenvalue weighted by Crippen LogP contribution is -2.19. The average Bonchev–Trinajstić information content (AvgIpc) is 2.44. The van der Waals surface area contributed by atoms with Crippen molar-refractivity contribution >= 4 is 8.69 Å². The fourth-order valence-corrected chi connectivity index (χ4v) is 3.06. The first-order chi connectivity index (χ1) is 10.1. The minimum absolute atomic E-state index is 0.210. The van der Waals surface area contributed by atoms with Gasteiger partial charge in [0.1, 0.15) is 5.60 Å². The van der Waals surface area contributed by atoms with E-state index in [9.17, 15) is 4.57 Å². The van der Waals surface area contributed by atoms with E-state index >= 15 is 0 Å². The zero-order valence-electron chi connectivity index (χ0n) is 14.7. The molecule has 0 saturated heterocycles. The van der Waals surface area contributed by atoms with Crippen LogP contribution in [0.5, 0.6) is 0 Å². The molecule has 2 nitrogen and oxygen atoms in total. The van der Waals surface area contributed by atoms with Gasteiger partial charge in [-0.25, -0.2) is 0 Å². The van der Waals surface area contributed by atoms with E-state index in [1.165, 1.54) is 83.5 Å². The van der Waals surface area contributed by atoms with Crippen LogP contribution in [0.1, 0.15) is 111 Å². The predicted molar refractivity (Wildman–Crippen MR) is 94.5 cm³/mol. The van der Waals surface area contributed by atoms with Crippen LogP contribution in [-0.2, 0) is 9.09 Å². The third kappa shape index (κ3) is 16.3. The quantitative estimate of drug-likeness (QED) is 0.222. The van der Waals surface area contributed by atoms with Gasteiger partial charge in [0.2, 0.25) is 0 Å². The second kappa shape index (κ2) is 15.0. The lowest BCUT2D eigenvalue weighted by atomic mass is 9.99. The molecule has 0 aliphatic rings. The Hall–Kier alpha value is 0.0600. The first kappa shape index (κ1) is 21.1. The zero-order chi connectivity index (χ0) is 15.8. The van der Waals surface area contributed by atoms with E-state index < -0.39 is 8.69 Å². The minimum atomic E-state index is -0.630. The minimum Gasteiger partial charge on any atom is -0.142 e. The van der Waals surface area contributed by atoms with Gasteiger partial charge in [0.05, 0.1) is 0 Å². The van der Waals surface area contributed by atoms with Crippen molar-refractivity contribution in [2.75, 3.05) is 0 Å².